The van der Waals surface area contributed by atoms with Crippen molar-refractivity contribution in [1.29, 1.82) is 0 Å². The Balaban J connectivity index is 2.44. The molecule has 1 aromatic rings. The molecule has 0 radical (unpaired) electrons. The van der Waals surface area contributed by atoms with Crippen molar-refractivity contribution in [2.75, 3.05) is 14.2 Å². The molecule has 1 unspecified atom stereocenters. The smallest absolute Gasteiger partial charge is 0.122 e. The van der Waals surface area contributed by atoms with Gasteiger partial charge in [-0.05, 0) is 49.4 Å². The second-order valence-electron chi connectivity index (χ2n) is 5.75. The van der Waals surface area contributed by atoms with Crippen molar-refractivity contribution in [3.63, 3.8) is 0 Å². The summed E-state index contributed by atoms with van der Waals surface area (Å²) in [6, 6.07) is 4.25. The van der Waals surface area contributed by atoms with Crippen molar-refractivity contribution in [2.24, 2.45) is 5.84 Å². The third kappa shape index (κ3) is 2.55. The van der Waals surface area contributed by atoms with E-state index in [0.29, 0.717) is 0 Å². The molecule has 112 valence electrons. The van der Waals surface area contributed by atoms with Crippen LogP contribution in [-0.4, -0.2) is 19.8 Å². The molecule has 0 bridgehead atoms. The van der Waals surface area contributed by atoms with Gasteiger partial charge in [-0.3, -0.25) is 11.3 Å². The summed E-state index contributed by atoms with van der Waals surface area (Å²) in [6.07, 6.45) is 4.48. The summed E-state index contributed by atoms with van der Waals surface area (Å²) in [4.78, 5) is 0. The van der Waals surface area contributed by atoms with Gasteiger partial charge < -0.3 is 9.47 Å². The maximum Gasteiger partial charge on any atom is 0.122 e. The zero-order valence-electron chi connectivity index (χ0n) is 13.0. The minimum Gasteiger partial charge on any atom is -0.496 e. The van der Waals surface area contributed by atoms with Crippen LogP contribution < -0.4 is 16.0 Å². The van der Waals surface area contributed by atoms with Crippen LogP contribution in [0.2, 0.25) is 0 Å². The zero-order chi connectivity index (χ0) is 14.8. The van der Waals surface area contributed by atoms with E-state index in [4.69, 9.17) is 15.3 Å². The molecular weight excluding hydrogens is 252 g/mol. The summed E-state index contributed by atoms with van der Waals surface area (Å²) in [5.74, 6) is 6.79. The predicted molar refractivity (Wildman–Crippen MR) is 80.7 cm³/mol. The summed E-state index contributed by atoms with van der Waals surface area (Å²) in [6.45, 7) is 4.16. The minimum absolute atomic E-state index is 0.0135. The Morgan fingerprint density at radius 2 is 1.80 bits per heavy atom. The molecule has 0 aromatic heterocycles. The van der Waals surface area contributed by atoms with Crippen LogP contribution in [0, 0.1) is 13.8 Å². The van der Waals surface area contributed by atoms with Crippen LogP contribution >= 0.6 is 0 Å². The molecule has 3 N–H and O–H groups in total. The molecule has 20 heavy (non-hydrogen) atoms. The van der Waals surface area contributed by atoms with Crippen molar-refractivity contribution in [1.82, 2.24) is 5.43 Å². The molecule has 1 aromatic carbocycles. The van der Waals surface area contributed by atoms with E-state index in [1.165, 1.54) is 24.0 Å². The topological polar surface area (TPSA) is 56.5 Å². The standard InChI is InChI=1S/C16H26N2O2/c1-11-10-14(19-3)12(2)9-13(11)15(18-17)16(20-4)7-5-6-8-16/h9-10,15,18H,5-8,17H2,1-4H3. The van der Waals surface area contributed by atoms with Gasteiger partial charge in [-0.1, -0.05) is 18.9 Å². The van der Waals surface area contributed by atoms with Crippen LogP contribution in [0.25, 0.3) is 0 Å². The highest BCUT2D eigenvalue weighted by Gasteiger charge is 2.42. The molecule has 0 spiro atoms. The van der Waals surface area contributed by atoms with Crippen LogP contribution in [0.4, 0.5) is 0 Å². The van der Waals surface area contributed by atoms with E-state index in [1.807, 2.05) is 0 Å². The van der Waals surface area contributed by atoms with Gasteiger partial charge in [-0.25, -0.2) is 0 Å². The highest BCUT2D eigenvalue weighted by molar-refractivity contribution is 5.43. The Bertz CT molecular complexity index is 468. The van der Waals surface area contributed by atoms with E-state index in [-0.39, 0.29) is 11.6 Å². The first-order valence-corrected chi connectivity index (χ1v) is 7.24. The van der Waals surface area contributed by atoms with Crippen molar-refractivity contribution in [2.45, 2.75) is 51.2 Å². The Labute approximate surface area is 121 Å². The van der Waals surface area contributed by atoms with E-state index in [2.05, 4.69) is 31.4 Å². The van der Waals surface area contributed by atoms with Gasteiger partial charge in [0.15, 0.2) is 0 Å². The lowest BCUT2D eigenvalue weighted by molar-refractivity contribution is -0.0370. The summed E-state index contributed by atoms with van der Waals surface area (Å²) in [5, 5.41) is 0. The normalized spacial score (nSPS) is 19.1. The quantitative estimate of drug-likeness (QED) is 0.642. The fourth-order valence-electron chi connectivity index (χ4n) is 3.45. The van der Waals surface area contributed by atoms with Gasteiger partial charge >= 0.3 is 0 Å². The van der Waals surface area contributed by atoms with Gasteiger partial charge in [0.1, 0.15) is 5.75 Å². The molecule has 0 saturated heterocycles. The van der Waals surface area contributed by atoms with Crippen LogP contribution in [0.5, 0.6) is 5.75 Å². The molecule has 1 atom stereocenters. The maximum atomic E-state index is 5.88. The van der Waals surface area contributed by atoms with E-state index in [0.717, 1.165) is 24.2 Å². The van der Waals surface area contributed by atoms with Crippen LogP contribution in [0.15, 0.2) is 12.1 Å². The van der Waals surface area contributed by atoms with Crippen molar-refractivity contribution in [3.8, 4) is 5.75 Å². The monoisotopic (exact) mass is 278 g/mol. The van der Waals surface area contributed by atoms with Gasteiger partial charge in [-0.15, -0.1) is 0 Å². The number of benzene rings is 1. The fourth-order valence-corrected chi connectivity index (χ4v) is 3.45. The first kappa shape index (κ1) is 15.3. The Morgan fingerprint density at radius 1 is 1.15 bits per heavy atom. The summed E-state index contributed by atoms with van der Waals surface area (Å²) >= 11 is 0. The molecule has 0 heterocycles. The van der Waals surface area contributed by atoms with Crippen molar-refractivity contribution in [3.05, 3.63) is 28.8 Å². The number of ether oxygens (including phenoxy) is 2. The largest absolute Gasteiger partial charge is 0.496 e. The zero-order valence-corrected chi connectivity index (χ0v) is 13.0. The SMILES string of the molecule is COc1cc(C)c(C(NN)C2(OC)CCCC2)cc1C. The van der Waals surface area contributed by atoms with Gasteiger partial charge in [0.2, 0.25) is 0 Å². The van der Waals surface area contributed by atoms with E-state index < -0.39 is 0 Å². The van der Waals surface area contributed by atoms with E-state index in [9.17, 15) is 0 Å². The second-order valence-corrected chi connectivity index (χ2v) is 5.75. The minimum atomic E-state index is -0.194. The number of nitrogens with one attached hydrogen (secondary N) is 1. The van der Waals surface area contributed by atoms with Crippen LogP contribution in [0.1, 0.15) is 48.4 Å². The molecule has 4 nitrogen and oxygen atoms in total. The number of hydrogen-bond donors (Lipinski definition) is 2. The van der Waals surface area contributed by atoms with Gasteiger partial charge in [0, 0.05) is 7.11 Å². The molecule has 1 aliphatic carbocycles. The third-order valence-corrected chi connectivity index (χ3v) is 4.64. The summed E-state index contributed by atoms with van der Waals surface area (Å²) in [5.41, 5.74) is 6.30. The first-order valence-electron chi connectivity index (χ1n) is 7.24. The highest BCUT2D eigenvalue weighted by Crippen LogP contribution is 2.43. The number of methoxy groups -OCH3 is 2. The van der Waals surface area contributed by atoms with E-state index >= 15 is 0 Å². The number of hydrazine groups is 1. The third-order valence-electron chi connectivity index (χ3n) is 4.64. The highest BCUT2D eigenvalue weighted by atomic mass is 16.5. The molecular formula is C16H26N2O2. The van der Waals surface area contributed by atoms with Gasteiger partial charge in [0.05, 0.1) is 18.8 Å². The lowest BCUT2D eigenvalue weighted by atomic mass is 9.84. The Kier molecular flexibility index (Phi) is 4.68. The Hall–Kier alpha value is -1.10. The average Bonchev–Trinajstić information content (AvgIpc) is 2.93. The summed E-state index contributed by atoms with van der Waals surface area (Å²) in [7, 11) is 3.50. The van der Waals surface area contributed by atoms with Crippen molar-refractivity contribution < 1.29 is 9.47 Å². The lowest BCUT2D eigenvalue weighted by Crippen LogP contribution is -2.46. The predicted octanol–water partition coefficient (Wildman–Crippen LogP) is 2.78. The summed E-state index contributed by atoms with van der Waals surface area (Å²) < 4.78 is 11.3. The second kappa shape index (κ2) is 6.12. The van der Waals surface area contributed by atoms with Crippen molar-refractivity contribution >= 4 is 0 Å². The average molecular weight is 278 g/mol. The first-order chi connectivity index (χ1) is 9.57. The number of hydrogen-bond acceptors (Lipinski definition) is 4. The number of rotatable bonds is 5. The molecule has 4 heteroatoms. The maximum absolute atomic E-state index is 5.88. The lowest BCUT2D eigenvalue weighted by Gasteiger charge is -2.37. The molecule has 0 amide bonds. The van der Waals surface area contributed by atoms with Gasteiger partial charge in [0.25, 0.3) is 0 Å². The molecule has 2 rings (SSSR count). The van der Waals surface area contributed by atoms with Crippen LogP contribution in [-0.2, 0) is 4.74 Å². The molecule has 1 fully saturated rings. The molecule has 1 saturated carbocycles. The Morgan fingerprint density at radius 3 is 2.30 bits per heavy atom. The molecule has 0 aliphatic heterocycles. The number of nitrogens with two attached hydrogens (primary N) is 1. The van der Waals surface area contributed by atoms with Crippen LogP contribution in [0.3, 0.4) is 0 Å². The van der Waals surface area contributed by atoms with Gasteiger partial charge in [-0.2, -0.15) is 0 Å². The fraction of sp³-hybridized carbons (Fsp3) is 0.625. The number of aryl methyl sites for hydroxylation is 2. The molecule has 1 aliphatic rings. The van der Waals surface area contributed by atoms with E-state index in [1.54, 1.807) is 14.2 Å².